The fraction of sp³-hybridized carbons (Fsp3) is 0.136. The number of rotatable bonds is 2. The number of pyridine rings is 1. The van der Waals surface area contributed by atoms with E-state index in [1.54, 1.807) is 11.3 Å². The molecule has 0 unspecified atom stereocenters. The zero-order valence-electron chi connectivity index (χ0n) is 14.1. The number of fused-ring (bicyclic) bond motifs is 1. The number of aryl methyl sites for hydroxylation is 3. The van der Waals surface area contributed by atoms with Crippen LogP contribution >= 0.6 is 11.3 Å². The molecule has 0 aliphatic carbocycles. The summed E-state index contributed by atoms with van der Waals surface area (Å²) in [6, 6.07) is 21.8. The predicted octanol–water partition coefficient (Wildman–Crippen LogP) is 6.56. The number of nitrogens with zero attached hydrogens (tertiary/aromatic N) is 1. The molecule has 0 fully saturated rings. The second-order valence-corrected chi connectivity index (χ2v) is 7.47. The summed E-state index contributed by atoms with van der Waals surface area (Å²) in [6.45, 7) is 6.39. The van der Waals surface area contributed by atoms with Gasteiger partial charge >= 0.3 is 0 Å². The molecule has 0 atom stereocenters. The molecule has 0 spiro atoms. The Morgan fingerprint density at radius 2 is 1.38 bits per heavy atom. The van der Waals surface area contributed by atoms with E-state index in [9.17, 15) is 0 Å². The van der Waals surface area contributed by atoms with E-state index >= 15 is 0 Å². The van der Waals surface area contributed by atoms with Crippen LogP contribution in [0.15, 0.2) is 60.7 Å². The van der Waals surface area contributed by atoms with Gasteiger partial charge in [-0.25, -0.2) is 4.98 Å². The fourth-order valence-electron chi connectivity index (χ4n) is 3.06. The first-order valence-corrected chi connectivity index (χ1v) is 8.96. The first-order valence-electron chi connectivity index (χ1n) is 8.15. The average Bonchev–Trinajstić information content (AvgIpc) is 2.97. The average molecular weight is 329 g/mol. The van der Waals surface area contributed by atoms with Crippen LogP contribution in [0.5, 0.6) is 0 Å². The molecule has 4 rings (SSSR count). The lowest BCUT2D eigenvalue weighted by Crippen LogP contribution is -1.85. The van der Waals surface area contributed by atoms with E-state index in [4.69, 9.17) is 4.98 Å². The predicted molar refractivity (Wildman–Crippen MR) is 105 cm³/mol. The number of thiophene rings is 1. The van der Waals surface area contributed by atoms with E-state index in [0.717, 1.165) is 10.5 Å². The Kier molecular flexibility index (Phi) is 3.70. The van der Waals surface area contributed by atoms with Crippen molar-refractivity contribution >= 4 is 21.6 Å². The zero-order chi connectivity index (χ0) is 16.7. The molecule has 118 valence electrons. The molecule has 2 heterocycles. The van der Waals surface area contributed by atoms with E-state index in [-0.39, 0.29) is 0 Å². The summed E-state index contributed by atoms with van der Waals surface area (Å²) in [5, 5.41) is 1.21. The van der Waals surface area contributed by atoms with Crippen molar-refractivity contribution < 1.29 is 0 Å². The van der Waals surface area contributed by atoms with Gasteiger partial charge < -0.3 is 0 Å². The van der Waals surface area contributed by atoms with Crippen LogP contribution in [0.25, 0.3) is 31.9 Å². The van der Waals surface area contributed by atoms with E-state index in [2.05, 4.69) is 81.4 Å². The minimum absolute atomic E-state index is 1.05. The van der Waals surface area contributed by atoms with Gasteiger partial charge in [-0.3, -0.25) is 0 Å². The number of benzene rings is 2. The molecule has 1 nitrogen and oxygen atoms in total. The van der Waals surface area contributed by atoms with E-state index in [1.165, 1.54) is 38.1 Å². The van der Waals surface area contributed by atoms with Crippen LogP contribution in [-0.4, -0.2) is 4.98 Å². The Morgan fingerprint density at radius 1 is 0.667 bits per heavy atom. The van der Waals surface area contributed by atoms with Crippen LogP contribution in [-0.2, 0) is 0 Å². The van der Waals surface area contributed by atoms with Gasteiger partial charge in [0.2, 0.25) is 0 Å². The van der Waals surface area contributed by atoms with Crippen LogP contribution < -0.4 is 0 Å². The summed E-state index contributed by atoms with van der Waals surface area (Å²) in [5.41, 5.74) is 7.34. The van der Waals surface area contributed by atoms with Crippen LogP contribution in [0.4, 0.5) is 0 Å². The Bertz CT molecular complexity index is 1010. The summed E-state index contributed by atoms with van der Waals surface area (Å²) in [4.78, 5) is 7.28. The standard InChI is InChI=1S/C22H19NS/c1-14-4-6-17(7-5-14)21-13-18-8-9-20(23-22(18)24-21)19-11-15(2)10-16(3)12-19/h4-13H,1-3H3. The summed E-state index contributed by atoms with van der Waals surface area (Å²) in [5.74, 6) is 0. The highest BCUT2D eigenvalue weighted by atomic mass is 32.1. The first-order chi connectivity index (χ1) is 11.6. The van der Waals surface area contributed by atoms with Crippen molar-refractivity contribution in [2.24, 2.45) is 0 Å². The van der Waals surface area contributed by atoms with E-state index in [0.29, 0.717) is 0 Å². The monoisotopic (exact) mass is 329 g/mol. The molecular weight excluding hydrogens is 310 g/mol. The van der Waals surface area contributed by atoms with Crippen LogP contribution in [0.2, 0.25) is 0 Å². The Balaban J connectivity index is 1.79. The van der Waals surface area contributed by atoms with Gasteiger partial charge in [-0.1, -0.05) is 47.0 Å². The summed E-state index contributed by atoms with van der Waals surface area (Å²) in [7, 11) is 0. The molecule has 4 aromatic rings. The van der Waals surface area contributed by atoms with Crippen molar-refractivity contribution in [2.45, 2.75) is 20.8 Å². The molecule has 0 radical (unpaired) electrons. The van der Waals surface area contributed by atoms with Gasteiger partial charge in [0.1, 0.15) is 4.83 Å². The van der Waals surface area contributed by atoms with Crippen molar-refractivity contribution in [3.8, 4) is 21.7 Å². The van der Waals surface area contributed by atoms with Gasteiger partial charge in [-0.15, -0.1) is 11.3 Å². The molecule has 0 bridgehead atoms. The molecule has 0 saturated carbocycles. The molecule has 24 heavy (non-hydrogen) atoms. The number of aromatic nitrogens is 1. The van der Waals surface area contributed by atoms with Gasteiger partial charge in [0, 0.05) is 15.8 Å². The zero-order valence-corrected chi connectivity index (χ0v) is 14.9. The first kappa shape index (κ1) is 15.1. The molecule has 2 aromatic heterocycles. The van der Waals surface area contributed by atoms with Gasteiger partial charge in [0.25, 0.3) is 0 Å². The Hall–Kier alpha value is -2.45. The highest BCUT2D eigenvalue weighted by Gasteiger charge is 2.08. The second kappa shape index (κ2) is 5.88. The van der Waals surface area contributed by atoms with Gasteiger partial charge in [0.05, 0.1) is 5.69 Å². The molecule has 0 N–H and O–H groups in total. The van der Waals surface area contributed by atoms with Gasteiger partial charge in [-0.2, -0.15) is 0 Å². The largest absolute Gasteiger partial charge is 0.237 e. The fourth-order valence-corrected chi connectivity index (χ4v) is 4.10. The summed E-state index contributed by atoms with van der Waals surface area (Å²) >= 11 is 1.76. The molecular formula is C22H19NS. The Labute approximate surface area is 146 Å². The normalized spacial score (nSPS) is 11.1. The highest BCUT2D eigenvalue weighted by molar-refractivity contribution is 7.21. The minimum atomic E-state index is 1.05. The molecule has 0 saturated heterocycles. The van der Waals surface area contributed by atoms with Crippen molar-refractivity contribution in [3.05, 3.63) is 77.4 Å². The number of hydrogen-bond acceptors (Lipinski definition) is 2. The maximum absolute atomic E-state index is 4.91. The maximum atomic E-state index is 4.91. The van der Waals surface area contributed by atoms with Crippen LogP contribution in [0, 0.1) is 20.8 Å². The van der Waals surface area contributed by atoms with Gasteiger partial charge in [0.15, 0.2) is 0 Å². The lowest BCUT2D eigenvalue weighted by atomic mass is 10.0. The topological polar surface area (TPSA) is 12.9 Å². The molecule has 0 aliphatic rings. The Morgan fingerprint density at radius 3 is 2.08 bits per heavy atom. The third kappa shape index (κ3) is 2.85. The molecule has 2 heteroatoms. The quantitative estimate of drug-likeness (QED) is 0.406. The summed E-state index contributed by atoms with van der Waals surface area (Å²) < 4.78 is 0. The second-order valence-electron chi connectivity index (χ2n) is 6.44. The highest BCUT2D eigenvalue weighted by Crippen LogP contribution is 2.34. The lowest BCUT2D eigenvalue weighted by molar-refractivity contribution is 1.35. The van der Waals surface area contributed by atoms with Crippen molar-refractivity contribution in [2.75, 3.05) is 0 Å². The maximum Gasteiger partial charge on any atom is 0.124 e. The van der Waals surface area contributed by atoms with Crippen molar-refractivity contribution in [1.29, 1.82) is 0 Å². The molecule has 2 aromatic carbocycles. The lowest BCUT2D eigenvalue weighted by Gasteiger charge is -2.04. The van der Waals surface area contributed by atoms with Crippen LogP contribution in [0.3, 0.4) is 0 Å². The van der Waals surface area contributed by atoms with Crippen molar-refractivity contribution in [1.82, 2.24) is 4.98 Å². The van der Waals surface area contributed by atoms with E-state index < -0.39 is 0 Å². The SMILES string of the molecule is Cc1ccc(-c2cc3ccc(-c4cc(C)cc(C)c4)nc3s2)cc1. The molecule has 0 aliphatic heterocycles. The molecule has 0 amide bonds. The van der Waals surface area contributed by atoms with Crippen molar-refractivity contribution in [3.63, 3.8) is 0 Å². The smallest absolute Gasteiger partial charge is 0.124 e. The third-order valence-corrected chi connectivity index (χ3v) is 5.33. The number of hydrogen-bond donors (Lipinski definition) is 0. The van der Waals surface area contributed by atoms with E-state index in [1.807, 2.05) is 0 Å². The third-order valence-electron chi connectivity index (χ3n) is 4.24. The van der Waals surface area contributed by atoms with Gasteiger partial charge in [-0.05, 0) is 56.7 Å². The van der Waals surface area contributed by atoms with Crippen LogP contribution in [0.1, 0.15) is 16.7 Å². The minimum Gasteiger partial charge on any atom is -0.237 e. The summed E-state index contributed by atoms with van der Waals surface area (Å²) in [6.07, 6.45) is 0.